The van der Waals surface area contributed by atoms with Crippen molar-refractivity contribution in [2.45, 2.75) is 202 Å². The average Bonchev–Trinajstić information content (AvgIpc) is 3.06. The molecule has 0 aliphatic heterocycles. The van der Waals surface area contributed by atoms with E-state index in [2.05, 4.69) is 95.2 Å². The van der Waals surface area contributed by atoms with E-state index in [1.54, 1.807) is 0 Å². The second kappa shape index (κ2) is 34.6. The average molecular weight is 732 g/mol. The van der Waals surface area contributed by atoms with Crippen molar-refractivity contribution < 1.29 is 19.2 Å². The summed E-state index contributed by atoms with van der Waals surface area (Å²) < 4.78 is 6.22. The Hall–Kier alpha value is -2.15. The van der Waals surface area contributed by atoms with Gasteiger partial charge in [-0.3, -0.25) is 4.79 Å². The number of esters is 1. The number of oxime groups is 2. The summed E-state index contributed by atoms with van der Waals surface area (Å²) in [6.45, 7) is 15.6. The molecule has 0 aromatic heterocycles. The molecule has 0 aromatic carbocycles. The summed E-state index contributed by atoms with van der Waals surface area (Å²) in [4.78, 5) is 26.1. The fraction of sp³-hybridized carbons (Fsp3) is 0.844. The third-order valence-electron chi connectivity index (χ3n) is 9.26. The molecule has 0 spiro atoms. The van der Waals surface area contributed by atoms with Crippen LogP contribution in [0.4, 0.5) is 0 Å². The van der Waals surface area contributed by atoms with Gasteiger partial charge in [0.05, 0.1) is 6.42 Å². The summed E-state index contributed by atoms with van der Waals surface area (Å²) in [7, 11) is 4.24. The Morgan fingerprint density at radius 1 is 0.596 bits per heavy atom. The highest BCUT2D eigenvalue weighted by atomic mass is 16.6. The Morgan fingerprint density at radius 3 is 1.48 bits per heavy atom. The van der Waals surface area contributed by atoms with Crippen LogP contribution in [0, 0.1) is 10.8 Å². The number of hydrogen-bond donors (Lipinski definition) is 0. The Bertz CT molecular complexity index is 878. The predicted molar refractivity (Wildman–Crippen MR) is 225 cm³/mol. The van der Waals surface area contributed by atoms with Crippen molar-refractivity contribution in [2.75, 3.05) is 33.9 Å². The van der Waals surface area contributed by atoms with E-state index in [1.165, 1.54) is 77.0 Å². The highest BCUT2D eigenvalue weighted by molar-refractivity contribution is 5.70. The van der Waals surface area contributed by atoms with Crippen LogP contribution in [0.2, 0.25) is 0 Å². The highest BCUT2D eigenvalue weighted by Gasteiger charge is 2.32. The van der Waals surface area contributed by atoms with Gasteiger partial charge in [0.2, 0.25) is 0 Å². The van der Waals surface area contributed by atoms with Crippen molar-refractivity contribution in [2.24, 2.45) is 21.1 Å². The summed E-state index contributed by atoms with van der Waals surface area (Å²) >= 11 is 0. The van der Waals surface area contributed by atoms with Crippen LogP contribution in [0.5, 0.6) is 0 Å². The first-order chi connectivity index (χ1) is 25.0. The Labute approximate surface area is 322 Å². The maximum Gasteiger partial charge on any atom is 0.306 e. The van der Waals surface area contributed by atoms with Gasteiger partial charge in [-0.05, 0) is 108 Å². The maximum atomic E-state index is 13.2. The molecular weight excluding hydrogens is 647 g/mol. The summed E-state index contributed by atoms with van der Waals surface area (Å²) in [5.74, 6) is -0.0213. The standard InChI is InChI=1S/C45H85N3O4/c1-9-11-13-25-31-37-50-46-35-29-23-19-15-17-21-27-33-42(52-43(49)39-44(3,4)40-45(5,6)41-48(7)8)34-28-22-18-16-20-24-30-36-47-51-38-32-26-14-12-10-2/h25-26,31-32,35-36,42H,9-24,27-30,33-34,37-41H2,1-8H3/b31-25+,32-26+,46-35-,47-36-. The van der Waals surface area contributed by atoms with E-state index in [9.17, 15) is 4.79 Å². The summed E-state index contributed by atoms with van der Waals surface area (Å²) in [5.41, 5.74) is 0.0511. The Balaban J connectivity index is 4.47. The topological polar surface area (TPSA) is 72.7 Å². The molecule has 7 heteroatoms. The molecule has 0 saturated carbocycles. The van der Waals surface area contributed by atoms with Gasteiger partial charge >= 0.3 is 5.97 Å². The zero-order valence-electron chi connectivity index (χ0n) is 35.6. The molecule has 0 bridgehead atoms. The van der Waals surface area contributed by atoms with Crippen molar-refractivity contribution in [1.29, 1.82) is 0 Å². The molecule has 0 rings (SSSR count). The Kier molecular flexibility index (Phi) is 33.2. The second-order valence-electron chi connectivity index (χ2n) is 16.8. The maximum absolute atomic E-state index is 13.2. The molecule has 0 aliphatic carbocycles. The molecule has 0 aliphatic rings. The van der Waals surface area contributed by atoms with Gasteiger partial charge in [-0.2, -0.15) is 0 Å². The SMILES string of the molecule is CCCC/C=C/CO/N=C\CCCCCCCCC(CCCCCCCC/C=N\OC/C=C/CCCC)OC(=O)CC(C)(C)CC(C)(C)CN(C)C. The van der Waals surface area contributed by atoms with Crippen LogP contribution in [-0.4, -0.2) is 63.3 Å². The lowest BCUT2D eigenvalue weighted by Gasteiger charge is -2.36. The lowest BCUT2D eigenvalue weighted by Crippen LogP contribution is -2.34. The van der Waals surface area contributed by atoms with Gasteiger partial charge < -0.3 is 19.3 Å². The number of allylic oxidation sites excluding steroid dienone is 2. The van der Waals surface area contributed by atoms with E-state index >= 15 is 0 Å². The minimum atomic E-state index is -0.0919. The van der Waals surface area contributed by atoms with E-state index in [-0.39, 0.29) is 22.9 Å². The first-order valence-electron chi connectivity index (χ1n) is 21.4. The van der Waals surface area contributed by atoms with Crippen molar-refractivity contribution in [3.05, 3.63) is 24.3 Å². The molecule has 0 unspecified atom stereocenters. The lowest BCUT2D eigenvalue weighted by atomic mass is 9.73. The lowest BCUT2D eigenvalue weighted by molar-refractivity contribution is -0.152. The largest absolute Gasteiger partial charge is 0.462 e. The molecule has 0 N–H and O–H groups in total. The zero-order chi connectivity index (χ0) is 38.6. The molecule has 0 atom stereocenters. The van der Waals surface area contributed by atoms with Gasteiger partial charge in [0.1, 0.15) is 19.3 Å². The van der Waals surface area contributed by atoms with Gasteiger partial charge in [-0.25, -0.2) is 0 Å². The summed E-state index contributed by atoms with van der Waals surface area (Å²) in [6.07, 6.45) is 39.2. The van der Waals surface area contributed by atoms with Crippen molar-refractivity contribution >= 4 is 18.4 Å². The molecule has 304 valence electrons. The van der Waals surface area contributed by atoms with E-state index in [1.807, 2.05) is 12.4 Å². The van der Waals surface area contributed by atoms with Crippen LogP contribution in [0.3, 0.4) is 0 Å². The van der Waals surface area contributed by atoms with Crippen LogP contribution in [0.15, 0.2) is 34.6 Å². The second-order valence-corrected chi connectivity index (χ2v) is 16.8. The van der Waals surface area contributed by atoms with E-state index in [4.69, 9.17) is 14.4 Å². The molecule has 0 aromatic rings. The number of carbonyl (C=O) groups is 1. The predicted octanol–water partition coefficient (Wildman–Crippen LogP) is 13.0. The third kappa shape index (κ3) is 36.2. The molecular formula is C45H85N3O4. The summed E-state index contributed by atoms with van der Waals surface area (Å²) in [5, 5.41) is 8.14. The monoisotopic (exact) mass is 732 g/mol. The zero-order valence-corrected chi connectivity index (χ0v) is 35.6. The molecule has 0 saturated heterocycles. The van der Waals surface area contributed by atoms with Crippen LogP contribution < -0.4 is 0 Å². The van der Waals surface area contributed by atoms with Crippen LogP contribution >= 0.6 is 0 Å². The van der Waals surface area contributed by atoms with Gasteiger partial charge in [-0.15, -0.1) is 0 Å². The van der Waals surface area contributed by atoms with Crippen LogP contribution in [0.25, 0.3) is 0 Å². The smallest absolute Gasteiger partial charge is 0.306 e. The minimum Gasteiger partial charge on any atom is -0.462 e. The highest BCUT2D eigenvalue weighted by Crippen LogP contribution is 2.37. The molecule has 0 fully saturated rings. The third-order valence-corrected chi connectivity index (χ3v) is 9.26. The molecule has 0 amide bonds. The number of nitrogens with zero attached hydrogens (tertiary/aromatic N) is 3. The molecule has 0 heterocycles. The molecule has 52 heavy (non-hydrogen) atoms. The van der Waals surface area contributed by atoms with Crippen molar-refractivity contribution in [1.82, 2.24) is 4.90 Å². The molecule has 0 radical (unpaired) electrons. The number of carbonyl (C=O) groups excluding carboxylic acids is 1. The number of ether oxygens (including phenoxy) is 1. The van der Waals surface area contributed by atoms with E-state index in [0.717, 1.165) is 77.2 Å². The summed E-state index contributed by atoms with van der Waals surface area (Å²) in [6, 6.07) is 0. The molecule has 7 nitrogen and oxygen atoms in total. The van der Waals surface area contributed by atoms with E-state index in [0.29, 0.717) is 19.6 Å². The van der Waals surface area contributed by atoms with Crippen molar-refractivity contribution in [3.63, 3.8) is 0 Å². The first-order valence-corrected chi connectivity index (χ1v) is 21.4. The fourth-order valence-corrected chi connectivity index (χ4v) is 7.18. The number of unbranched alkanes of at least 4 members (excludes halogenated alkanes) is 16. The quantitative estimate of drug-likeness (QED) is 0.0209. The van der Waals surface area contributed by atoms with E-state index < -0.39 is 0 Å². The first kappa shape index (κ1) is 49.9. The Morgan fingerprint density at radius 2 is 1.04 bits per heavy atom. The normalized spacial score (nSPS) is 12.9. The van der Waals surface area contributed by atoms with Crippen LogP contribution in [-0.2, 0) is 19.2 Å². The van der Waals surface area contributed by atoms with Gasteiger partial charge in [0, 0.05) is 19.0 Å². The van der Waals surface area contributed by atoms with Gasteiger partial charge in [0.25, 0.3) is 0 Å². The van der Waals surface area contributed by atoms with Gasteiger partial charge in [-0.1, -0.05) is 141 Å². The van der Waals surface area contributed by atoms with Crippen LogP contribution in [0.1, 0.15) is 196 Å². The van der Waals surface area contributed by atoms with Crippen molar-refractivity contribution in [3.8, 4) is 0 Å². The number of rotatable bonds is 37. The fourth-order valence-electron chi connectivity index (χ4n) is 7.18. The van der Waals surface area contributed by atoms with Gasteiger partial charge in [0.15, 0.2) is 0 Å². The minimum absolute atomic E-state index is 0.0213. The number of hydrogen-bond acceptors (Lipinski definition) is 7.